The Kier molecular flexibility index (Phi) is 8.08. The second kappa shape index (κ2) is 11.5. The molecule has 204 valence electrons. The molecular formula is C30H33NO7Si. The van der Waals surface area contributed by atoms with Gasteiger partial charge in [-0.3, -0.25) is 14.5 Å². The topological polar surface area (TPSA) is 117 Å². The van der Waals surface area contributed by atoms with Crippen LogP contribution in [-0.4, -0.2) is 77.6 Å². The molecule has 5 atom stereocenters. The fourth-order valence-electron chi connectivity index (χ4n) is 5.61. The van der Waals surface area contributed by atoms with E-state index < -0.39 is 57.4 Å². The summed E-state index contributed by atoms with van der Waals surface area (Å²) in [5, 5.41) is 34.1. The summed E-state index contributed by atoms with van der Waals surface area (Å²) in [5.41, 5.74) is 0.431. The minimum atomic E-state index is -3.12. The molecule has 3 N–H and O–H groups in total. The van der Waals surface area contributed by atoms with E-state index in [0.717, 1.165) is 28.1 Å². The Balaban J connectivity index is 1.64. The Morgan fingerprint density at radius 3 is 1.82 bits per heavy atom. The molecule has 2 amide bonds. The molecule has 9 heteroatoms. The van der Waals surface area contributed by atoms with Gasteiger partial charge in [-0.05, 0) is 28.6 Å². The molecule has 2 aliphatic rings. The molecule has 2 heterocycles. The fraction of sp³-hybridized carbons (Fsp3) is 0.333. The molecule has 3 aromatic rings. The molecule has 0 saturated carbocycles. The van der Waals surface area contributed by atoms with E-state index in [1.165, 1.54) is 0 Å². The van der Waals surface area contributed by atoms with Crippen LogP contribution in [0.2, 0.25) is 6.04 Å². The lowest BCUT2D eigenvalue weighted by Gasteiger charge is -2.48. The Hall–Kier alpha value is -3.18. The number of rotatable bonds is 9. The highest BCUT2D eigenvalue weighted by Gasteiger charge is 2.55. The van der Waals surface area contributed by atoms with Crippen LogP contribution in [0.3, 0.4) is 0 Å². The van der Waals surface area contributed by atoms with E-state index in [-0.39, 0.29) is 11.1 Å². The minimum absolute atomic E-state index is 0.216. The molecule has 0 spiro atoms. The number of imide groups is 1. The highest BCUT2D eigenvalue weighted by atomic mass is 28.4. The summed E-state index contributed by atoms with van der Waals surface area (Å²) in [5.74, 6) is -1.18. The maximum absolute atomic E-state index is 13.5. The highest BCUT2D eigenvalue weighted by Crippen LogP contribution is 2.34. The van der Waals surface area contributed by atoms with Crippen molar-refractivity contribution in [2.24, 2.45) is 0 Å². The van der Waals surface area contributed by atoms with Crippen molar-refractivity contribution in [1.29, 1.82) is 0 Å². The van der Waals surface area contributed by atoms with Crippen LogP contribution in [0.4, 0.5) is 0 Å². The number of carbonyl (C=O) groups excluding carboxylic acids is 2. The van der Waals surface area contributed by atoms with Gasteiger partial charge >= 0.3 is 0 Å². The predicted octanol–water partition coefficient (Wildman–Crippen LogP) is 1.67. The van der Waals surface area contributed by atoms with Crippen LogP contribution in [0.15, 0.2) is 84.9 Å². The zero-order valence-electron chi connectivity index (χ0n) is 21.7. The molecule has 1 saturated heterocycles. The molecule has 0 aromatic heterocycles. The van der Waals surface area contributed by atoms with Crippen LogP contribution < -0.4 is 10.4 Å². The first-order valence-electron chi connectivity index (χ1n) is 13.3. The summed E-state index contributed by atoms with van der Waals surface area (Å²) in [6.07, 6.45) is -3.86. The second-order valence-corrected chi connectivity index (χ2v) is 13.5. The van der Waals surface area contributed by atoms with Crippen molar-refractivity contribution in [3.05, 3.63) is 96.1 Å². The number of benzene rings is 3. The normalized spacial score (nSPS) is 25.1. The summed E-state index contributed by atoms with van der Waals surface area (Å²) in [6, 6.07) is 25.4. The largest absolute Gasteiger partial charge is 0.394 e. The molecule has 0 bridgehead atoms. The van der Waals surface area contributed by atoms with Crippen LogP contribution in [0.25, 0.3) is 0 Å². The van der Waals surface area contributed by atoms with E-state index in [2.05, 4.69) is 6.92 Å². The number of aliphatic hydroxyl groups excluding tert-OH is 3. The first kappa shape index (κ1) is 27.4. The van der Waals surface area contributed by atoms with Crippen LogP contribution in [0.5, 0.6) is 0 Å². The zero-order chi connectivity index (χ0) is 27.6. The molecule has 2 aliphatic heterocycles. The van der Waals surface area contributed by atoms with Crippen molar-refractivity contribution in [2.75, 3.05) is 6.61 Å². The molecule has 1 fully saturated rings. The summed E-state index contributed by atoms with van der Waals surface area (Å²) in [6.45, 7) is 1.52. The Morgan fingerprint density at radius 2 is 1.33 bits per heavy atom. The number of carbonyl (C=O) groups is 2. The summed E-state index contributed by atoms with van der Waals surface area (Å²) >= 11 is 0. The van der Waals surface area contributed by atoms with Gasteiger partial charge in [-0.2, -0.15) is 0 Å². The molecule has 8 nitrogen and oxygen atoms in total. The first-order valence-corrected chi connectivity index (χ1v) is 15.4. The van der Waals surface area contributed by atoms with Gasteiger partial charge in [-0.15, -0.1) is 0 Å². The second-order valence-electron chi connectivity index (χ2n) is 10.0. The molecule has 0 unspecified atom stereocenters. The van der Waals surface area contributed by atoms with Crippen LogP contribution in [0.1, 0.15) is 40.5 Å². The van der Waals surface area contributed by atoms with Gasteiger partial charge in [0.05, 0.1) is 17.7 Å². The van der Waals surface area contributed by atoms with Gasteiger partial charge in [0.1, 0.15) is 24.4 Å². The summed E-state index contributed by atoms with van der Waals surface area (Å²) in [7, 11) is -3.12. The average Bonchev–Trinajstić information content (AvgIpc) is 3.23. The zero-order valence-corrected chi connectivity index (χ0v) is 22.7. The van der Waals surface area contributed by atoms with Gasteiger partial charge in [0.25, 0.3) is 20.1 Å². The van der Waals surface area contributed by atoms with Crippen molar-refractivity contribution < 1.29 is 34.1 Å². The number of hydrogen-bond acceptors (Lipinski definition) is 7. The van der Waals surface area contributed by atoms with Gasteiger partial charge in [-0.1, -0.05) is 92.6 Å². The average molecular weight is 548 g/mol. The smallest absolute Gasteiger partial charge is 0.262 e. The van der Waals surface area contributed by atoms with E-state index in [9.17, 15) is 24.9 Å². The number of fused-ring (bicyclic) bond motifs is 1. The SMILES string of the molecule is CCCC[Si](O[C@H]1O[C@H](CO)[C@@H](O)[C@H](O)[C@@H]1N1C(=O)c2ccccc2C1=O)(c1ccccc1)c1ccccc1. The number of nitrogens with zero attached hydrogens (tertiary/aromatic N) is 1. The van der Waals surface area contributed by atoms with Gasteiger partial charge in [-0.25, -0.2) is 0 Å². The van der Waals surface area contributed by atoms with Gasteiger partial charge < -0.3 is 24.5 Å². The van der Waals surface area contributed by atoms with Crippen LogP contribution in [-0.2, 0) is 9.16 Å². The molecule has 0 radical (unpaired) electrons. The van der Waals surface area contributed by atoms with Gasteiger partial charge in [0.2, 0.25) is 0 Å². The third-order valence-electron chi connectivity index (χ3n) is 7.65. The third-order valence-corrected chi connectivity index (χ3v) is 11.9. The molecule has 0 aliphatic carbocycles. The standard InChI is InChI=1S/C30H33NO7Si/c1-2-3-18-39(20-12-6-4-7-13-20,21-14-8-5-9-15-21)38-30-25(27(34)26(33)24(19-32)37-30)31-28(35)22-16-10-11-17-23(22)29(31)36/h4-17,24-27,30,32-34H,2-3,18-19H2,1H3/t24-,25+,26-,27-,30-/m1/s1. The van der Waals surface area contributed by atoms with Crippen molar-refractivity contribution in [1.82, 2.24) is 4.90 Å². The van der Waals surface area contributed by atoms with E-state index in [4.69, 9.17) is 9.16 Å². The Labute approximate surface area is 228 Å². The number of hydrogen-bond donors (Lipinski definition) is 3. The number of ether oxygens (including phenoxy) is 1. The monoisotopic (exact) mass is 547 g/mol. The van der Waals surface area contributed by atoms with Gasteiger partial charge in [0, 0.05) is 0 Å². The first-order chi connectivity index (χ1) is 18.9. The summed E-state index contributed by atoms with van der Waals surface area (Å²) in [4.78, 5) is 27.9. The highest BCUT2D eigenvalue weighted by molar-refractivity contribution is 6.97. The fourth-order valence-corrected chi connectivity index (χ4v) is 9.81. The maximum atomic E-state index is 13.5. The number of unbranched alkanes of at least 4 members (excludes halogenated alkanes) is 1. The maximum Gasteiger partial charge on any atom is 0.262 e. The molecule has 39 heavy (non-hydrogen) atoms. The predicted molar refractivity (Wildman–Crippen MR) is 147 cm³/mol. The van der Waals surface area contributed by atoms with E-state index >= 15 is 0 Å². The third kappa shape index (κ3) is 4.86. The molecule has 3 aromatic carbocycles. The molecule has 5 rings (SSSR count). The van der Waals surface area contributed by atoms with Crippen molar-refractivity contribution in [3.8, 4) is 0 Å². The van der Waals surface area contributed by atoms with Crippen molar-refractivity contribution in [2.45, 2.75) is 56.5 Å². The minimum Gasteiger partial charge on any atom is -0.394 e. The number of amides is 2. The lowest BCUT2D eigenvalue weighted by Crippen LogP contribution is -2.70. The van der Waals surface area contributed by atoms with Crippen molar-refractivity contribution in [3.63, 3.8) is 0 Å². The van der Waals surface area contributed by atoms with E-state index in [1.54, 1.807) is 24.3 Å². The summed E-state index contributed by atoms with van der Waals surface area (Å²) < 4.78 is 13.1. The Bertz CT molecular complexity index is 1230. The van der Waals surface area contributed by atoms with Gasteiger partial charge in [0.15, 0.2) is 6.29 Å². The van der Waals surface area contributed by atoms with E-state index in [0.29, 0.717) is 6.04 Å². The Morgan fingerprint density at radius 1 is 0.821 bits per heavy atom. The van der Waals surface area contributed by atoms with E-state index in [1.807, 2.05) is 60.7 Å². The lowest BCUT2D eigenvalue weighted by atomic mass is 9.96. The molecular weight excluding hydrogens is 514 g/mol. The van der Waals surface area contributed by atoms with Crippen molar-refractivity contribution >= 4 is 30.5 Å². The van der Waals surface area contributed by atoms with Crippen LogP contribution in [0, 0.1) is 0 Å². The van der Waals surface area contributed by atoms with Crippen LogP contribution >= 0.6 is 0 Å². The number of aliphatic hydroxyl groups is 3. The quantitative estimate of drug-likeness (QED) is 0.276. The lowest BCUT2D eigenvalue weighted by molar-refractivity contribution is -0.256.